The average molecular weight is 262 g/mol. The molecule has 0 spiro atoms. The molecular weight excluding hydrogens is 240 g/mol. The Morgan fingerprint density at radius 2 is 2.06 bits per heavy atom. The Morgan fingerprint density at radius 1 is 1.35 bits per heavy atom. The number of hydrogen-bond acceptors (Lipinski definition) is 3. The third-order valence-corrected chi connectivity index (χ3v) is 4.89. The van der Waals surface area contributed by atoms with Gasteiger partial charge in [0.1, 0.15) is 0 Å². The van der Waals surface area contributed by atoms with Crippen molar-refractivity contribution in [2.75, 3.05) is 18.1 Å². The minimum atomic E-state index is -2.97. The van der Waals surface area contributed by atoms with Gasteiger partial charge in [0.25, 0.3) is 0 Å². The molecule has 1 atom stereocenters. The van der Waals surface area contributed by atoms with Crippen LogP contribution in [0.25, 0.3) is 0 Å². The Kier molecular flexibility index (Phi) is 4.80. The molecule has 2 N–H and O–H groups in total. The molecule has 0 bridgehead atoms. The van der Waals surface area contributed by atoms with Crippen molar-refractivity contribution in [1.29, 1.82) is 0 Å². The number of amides is 2. The fourth-order valence-electron chi connectivity index (χ4n) is 2.00. The normalized spacial score (nSPS) is 26.7. The lowest BCUT2D eigenvalue weighted by Gasteiger charge is -2.23. The van der Waals surface area contributed by atoms with Crippen LogP contribution in [0.15, 0.2) is 0 Å². The number of unbranched alkanes of at least 4 members (excludes halogenated alkanes) is 2. The van der Waals surface area contributed by atoms with E-state index in [9.17, 15) is 13.2 Å². The van der Waals surface area contributed by atoms with Gasteiger partial charge in [-0.15, -0.1) is 0 Å². The minimum absolute atomic E-state index is 0.0440. The topological polar surface area (TPSA) is 75.3 Å². The van der Waals surface area contributed by atoms with Crippen molar-refractivity contribution >= 4 is 15.9 Å². The SMILES string of the molecule is CCCCCNC(=O)N[C@@]1(C)CCS(=O)(=O)C1. The Morgan fingerprint density at radius 3 is 2.59 bits per heavy atom. The number of hydrogen-bond donors (Lipinski definition) is 2. The summed E-state index contributed by atoms with van der Waals surface area (Å²) in [5, 5.41) is 5.51. The molecule has 1 aliphatic rings. The minimum Gasteiger partial charge on any atom is -0.338 e. The van der Waals surface area contributed by atoms with E-state index in [1.807, 2.05) is 0 Å². The first-order valence-corrected chi connectivity index (χ1v) is 7.95. The molecule has 1 rings (SSSR count). The predicted molar refractivity (Wildman–Crippen MR) is 67.7 cm³/mol. The maximum Gasteiger partial charge on any atom is 0.315 e. The quantitative estimate of drug-likeness (QED) is 0.727. The Labute approximate surface area is 103 Å². The van der Waals surface area contributed by atoms with E-state index in [-0.39, 0.29) is 17.5 Å². The fraction of sp³-hybridized carbons (Fsp3) is 0.909. The molecule has 0 aromatic carbocycles. The third-order valence-electron chi connectivity index (χ3n) is 2.98. The van der Waals surface area contributed by atoms with Crippen LogP contribution in [-0.2, 0) is 9.84 Å². The van der Waals surface area contributed by atoms with Crippen molar-refractivity contribution in [2.24, 2.45) is 0 Å². The van der Waals surface area contributed by atoms with Gasteiger partial charge in [-0.05, 0) is 19.8 Å². The summed E-state index contributed by atoms with van der Waals surface area (Å²) in [6.45, 7) is 4.52. The lowest BCUT2D eigenvalue weighted by molar-refractivity contribution is 0.230. The summed E-state index contributed by atoms with van der Waals surface area (Å²) in [6.07, 6.45) is 3.65. The van der Waals surface area contributed by atoms with Gasteiger partial charge in [0, 0.05) is 6.54 Å². The molecule has 0 aliphatic carbocycles. The van der Waals surface area contributed by atoms with Gasteiger partial charge in [-0.2, -0.15) is 0 Å². The molecule has 2 amide bonds. The summed E-state index contributed by atoms with van der Waals surface area (Å²) in [6, 6.07) is -0.263. The molecule has 1 saturated heterocycles. The summed E-state index contributed by atoms with van der Waals surface area (Å²) >= 11 is 0. The Hall–Kier alpha value is -0.780. The third kappa shape index (κ3) is 4.93. The van der Waals surface area contributed by atoms with Crippen molar-refractivity contribution < 1.29 is 13.2 Å². The summed E-state index contributed by atoms with van der Waals surface area (Å²) < 4.78 is 22.7. The van der Waals surface area contributed by atoms with Gasteiger partial charge < -0.3 is 10.6 Å². The molecule has 6 heteroatoms. The van der Waals surface area contributed by atoms with Gasteiger partial charge in [0.05, 0.1) is 17.0 Å². The van der Waals surface area contributed by atoms with Gasteiger partial charge >= 0.3 is 6.03 Å². The van der Waals surface area contributed by atoms with Crippen molar-refractivity contribution in [3.63, 3.8) is 0 Å². The first-order chi connectivity index (χ1) is 7.87. The van der Waals surface area contributed by atoms with E-state index in [4.69, 9.17) is 0 Å². The number of urea groups is 1. The summed E-state index contributed by atoms with van der Waals surface area (Å²) in [7, 11) is -2.97. The molecule has 1 aliphatic heterocycles. The predicted octanol–water partition coefficient (Wildman–Crippen LogP) is 1.05. The highest BCUT2D eigenvalue weighted by atomic mass is 32.2. The fourth-order valence-corrected chi connectivity index (χ4v) is 4.10. The lowest BCUT2D eigenvalue weighted by Crippen LogP contribution is -2.51. The van der Waals surface area contributed by atoms with Gasteiger partial charge in [-0.1, -0.05) is 19.8 Å². The average Bonchev–Trinajstić information content (AvgIpc) is 2.47. The number of carbonyl (C=O) groups is 1. The number of nitrogens with one attached hydrogen (secondary N) is 2. The van der Waals surface area contributed by atoms with E-state index in [1.54, 1.807) is 6.92 Å². The van der Waals surface area contributed by atoms with E-state index in [2.05, 4.69) is 17.6 Å². The zero-order chi connectivity index (χ0) is 12.9. The lowest BCUT2D eigenvalue weighted by atomic mass is 10.0. The van der Waals surface area contributed by atoms with Crippen LogP contribution >= 0.6 is 0 Å². The van der Waals surface area contributed by atoms with Crippen molar-refractivity contribution in [3.05, 3.63) is 0 Å². The first-order valence-electron chi connectivity index (χ1n) is 6.13. The van der Waals surface area contributed by atoms with E-state index in [0.29, 0.717) is 13.0 Å². The monoisotopic (exact) mass is 262 g/mol. The van der Waals surface area contributed by atoms with E-state index >= 15 is 0 Å². The van der Waals surface area contributed by atoms with E-state index in [1.165, 1.54) is 0 Å². The smallest absolute Gasteiger partial charge is 0.315 e. The van der Waals surface area contributed by atoms with Gasteiger partial charge in [-0.25, -0.2) is 13.2 Å². The Bertz CT molecular complexity index is 367. The Balaban J connectivity index is 2.31. The molecule has 100 valence electrons. The zero-order valence-corrected chi connectivity index (χ0v) is 11.4. The highest BCUT2D eigenvalue weighted by Gasteiger charge is 2.39. The van der Waals surface area contributed by atoms with E-state index in [0.717, 1.165) is 19.3 Å². The van der Waals surface area contributed by atoms with Crippen molar-refractivity contribution in [3.8, 4) is 0 Å². The van der Waals surface area contributed by atoms with Crippen LogP contribution in [0.4, 0.5) is 4.79 Å². The van der Waals surface area contributed by atoms with Gasteiger partial charge in [0.15, 0.2) is 9.84 Å². The summed E-state index contributed by atoms with van der Waals surface area (Å²) in [4.78, 5) is 11.6. The molecule has 0 aromatic rings. The van der Waals surface area contributed by atoms with Crippen LogP contribution in [0.1, 0.15) is 39.5 Å². The number of carbonyl (C=O) groups excluding carboxylic acids is 1. The van der Waals surface area contributed by atoms with Crippen LogP contribution in [0.5, 0.6) is 0 Å². The van der Waals surface area contributed by atoms with Crippen molar-refractivity contribution in [1.82, 2.24) is 10.6 Å². The molecule has 0 saturated carbocycles. The molecule has 0 radical (unpaired) electrons. The second kappa shape index (κ2) is 5.71. The number of sulfone groups is 1. The molecule has 5 nitrogen and oxygen atoms in total. The standard InChI is InChI=1S/C11H22N2O3S/c1-3-4-5-7-12-10(14)13-11(2)6-8-17(15,16)9-11/h3-9H2,1-2H3,(H2,12,13,14)/t11-/m0/s1. The second-order valence-electron chi connectivity index (χ2n) is 4.99. The first kappa shape index (κ1) is 14.3. The molecule has 0 aromatic heterocycles. The van der Waals surface area contributed by atoms with Crippen LogP contribution in [0, 0.1) is 0 Å². The van der Waals surface area contributed by atoms with Gasteiger partial charge in [0.2, 0.25) is 0 Å². The molecule has 1 fully saturated rings. The summed E-state index contributed by atoms with van der Waals surface area (Å²) in [5.41, 5.74) is -0.603. The summed E-state index contributed by atoms with van der Waals surface area (Å²) in [5.74, 6) is 0.210. The van der Waals surface area contributed by atoms with Crippen LogP contribution in [0.2, 0.25) is 0 Å². The molecule has 17 heavy (non-hydrogen) atoms. The van der Waals surface area contributed by atoms with Crippen molar-refractivity contribution in [2.45, 2.75) is 45.1 Å². The zero-order valence-electron chi connectivity index (χ0n) is 10.6. The van der Waals surface area contributed by atoms with Crippen LogP contribution in [-0.4, -0.2) is 38.0 Å². The maximum atomic E-state index is 11.6. The van der Waals surface area contributed by atoms with Crippen LogP contribution < -0.4 is 10.6 Å². The van der Waals surface area contributed by atoms with Crippen LogP contribution in [0.3, 0.4) is 0 Å². The molecule has 0 unspecified atom stereocenters. The highest BCUT2D eigenvalue weighted by Crippen LogP contribution is 2.22. The maximum absolute atomic E-state index is 11.6. The second-order valence-corrected chi connectivity index (χ2v) is 7.17. The molecular formula is C11H22N2O3S. The van der Waals surface area contributed by atoms with Gasteiger partial charge in [-0.3, -0.25) is 0 Å². The number of rotatable bonds is 5. The largest absolute Gasteiger partial charge is 0.338 e. The molecule has 1 heterocycles. The highest BCUT2D eigenvalue weighted by molar-refractivity contribution is 7.91. The van der Waals surface area contributed by atoms with E-state index < -0.39 is 15.4 Å².